The minimum atomic E-state index is 0.418. The van der Waals surface area contributed by atoms with Crippen molar-refractivity contribution in [1.82, 2.24) is 4.98 Å². The number of nitrogens with zero attached hydrogens (tertiary/aromatic N) is 1. The maximum absolute atomic E-state index is 5.80. The van der Waals surface area contributed by atoms with E-state index in [-0.39, 0.29) is 0 Å². The van der Waals surface area contributed by atoms with E-state index in [9.17, 15) is 0 Å². The number of hydrogen-bond donors (Lipinski definition) is 1. The van der Waals surface area contributed by atoms with Crippen LogP contribution >= 0.6 is 23.4 Å². The zero-order valence-electron chi connectivity index (χ0n) is 9.50. The number of nitrogens with one attached hydrogen (secondary N) is 1. The van der Waals surface area contributed by atoms with Gasteiger partial charge >= 0.3 is 0 Å². The molecule has 1 aromatic heterocycles. The molecule has 4 heteroatoms. The van der Waals surface area contributed by atoms with Crippen molar-refractivity contribution in [1.29, 1.82) is 0 Å². The Hall–Kier alpha value is -0.410. The molecule has 88 valence electrons. The molecule has 0 bridgehead atoms. The van der Waals surface area contributed by atoms with E-state index in [4.69, 9.17) is 11.6 Å². The van der Waals surface area contributed by atoms with Crippen molar-refractivity contribution in [3.63, 3.8) is 0 Å². The van der Waals surface area contributed by atoms with Crippen molar-refractivity contribution in [2.24, 2.45) is 0 Å². The van der Waals surface area contributed by atoms with Gasteiger partial charge in [0, 0.05) is 17.5 Å². The fourth-order valence-electron chi connectivity index (χ4n) is 2.20. The van der Waals surface area contributed by atoms with Gasteiger partial charge in [-0.15, -0.1) is 0 Å². The molecule has 1 saturated carbocycles. The van der Waals surface area contributed by atoms with Crippen LogP contribution in [0.5, 0.6) is 0 Å². The average molecular weight is 257 g/mol. The van der Waals surface area contributed by atoms with Gasteiger partial charge in [-0.25, -0.2) is 4.98 Å². The normalized spacial score (nSPS) is 18.6. The van der Waals surface area contributed by atoms with E-state index in [0.717, 1.165) is 12.4 Å². The van der Waals surface area contributed by atoms with E-state index in [1.165, 1.54) is 25.7 Å². The highest BCUT2D eigenvalue weighted by atomic mass is 35.5. The summed E-state index contributed by atoms with van der Waals surface area (Å²) in [5.74, 6) is 0.921. The van der Waals surface area contributed by atoms with Gasteiger partial charge < -0.3 is 5.32 Å². The van der Waals surface area contributed by atoms with Gasteiger partial charge in [-0.3, -0.25) is 0 Å². The Morgan fingerprint density at radius 1 is 1.44 bits per heavy atom. The number of hydrogen-bond acceptors (Lipinski definition) is 3. The van der Waals surface area contributed by atoms with E-state index in [1.54, 1.807) is 6.20 Å². The molecule has 1 heterocycles. The van der Waals surface area contributed by atoms with E-state index in [2.05, 4.69) is 16.6 Å². The van der Waals surface area contributed by atoms with Crippen LogP contribution in [0.2, 0.25) is 5.02 Å². The third-order valence-electron chi connectivity index (χ3n) is 3.27. The van der Waals surface area contributed by atoms with Crippen LogP contribution in [-0.4, -0.2) is 22.5 Å². The molecule has 0 amide bonds. The van der Waals surface area contributed by atoms with Gasteiger partial charge in [0.1, 0.15) is 5.82 Å². The van der Waals surface area contributed by atoms with Crippen LogP contribution < -0.4 is 5.32 Å². The average Bonchev–Trinajstić information content (AvgIpc) is 2.78. The molecule has 0 radical (unpaired) electrons. The van der Waals surface area contributed by atoms with Crippen molar-refractivity contribution in [2.75, 3.05) is 18.1 Å². The number of thioether (sulfide) groups is 1. The summed E-state index contributed by atoms with van der Waals surface area (Å²) in [6.07, 6.45) is 9.24. The zero-order chi connectivity index (χ0) is 11.4. The van der Waals surface area contributed by atoms with Crippen LogP contribution in [0.25, 0.3) is 0 Å². The number of halogens is 1. The van der Waals surface area contributed by atoms with Gasteiger partial charge in [0.2, 0.25) is 0 Å². The Morgan fingerprint density at radius 2 is 2.19 bits per heavy atom. The predicted molar refractivity (Wildman–Crippen MR) is 72.5 cm³/mol. The van der Waals surface area contributed by atoms with Gasteiger partial charge in [0.25, 0.3) is 0 Å². The lowest BCUT2D eigenvalue weighted by Gasteiger charge is -2.27. The van der Waals surface area contributed by atoms with Crippen LogP contribution in [0.1, 0.15) is 25.7 Å². The SMILES string of the molecule is CSC1(CNc2ccc(Cl)cn2)CCCC1. The summed E-state index contributed by atoms with van der Waals surface area (Å²) in [5.41, 5.74) is 0. The first-order valence-corrected chi connectivity index (χ1v) is 7.25. The van der Waals surface area contributed by atoms with Crippen LogP contribution in [0.4, 0.5) is 5.82 Å². The van der Waals surface area contributed by atoms with Gasteiger partial charge in [-0.05, 0) is 31.2 Å². The quantitative estimate of drug-likeness (QED) is 0.887. The lowest BCUT2D eigenvalue weighted by molar-refractivity contribution is 0.638. The van der Waals surface area contributed by atoms with Gasteiger partial charge in [0.05, 0.1) is 5.02 Å². The second-order valence-electron chi connectivity index (χ2n) is 4.31. The third kappa shape index (κ3) is 2.83. The molecular formula is C12H17ClN2S. The first-order chi connectivity index (χ1) is 7.74. The van der Waals surface area contributed by atoms with Gasteiger partial charge in [0.15, 0.2) is 0 Å². The Balaban J connectivity index is 1.93. The molecule has 1 aromatic rings. The van der Waals surface area contributed by atoms with E-state index in [1.807, 2.05) is 23.9 Å². The van der Waals surface area contributed by atoms with Gasteiger partial charge in [-0.1, -0.05) is 24.4 Å². The molecule has 0 spiro atoms. The van der Waals surface area contributed by atoms with Crippen molar-refractivity contribution < 1.29 is 0 Å². The Labute approximate surface area is 106 Å². The Morgan fingerprint density at radius 3 is 2.75 bits per heavy atom. The monoisotopic (exact) mass is 256 g/mol. The number of pyridine rings is 1. The first-order valence-electron chi connectivity index (χ1n) is 5.65. The fourth-order valence-corrected chi connectivity index (χ4v) is 3.23. The Bertz CT molecular complexity index is 333. The lowest BCUT2D eigenvalue weighted by atomic mass is 10.1. The van der Waals surface area contributed by atoms with E-state index < -0.39 is 0 Å². The third-order valence-corrected chi connectivity index (χ3v) is 4.91. The first kappa shape index (κ1) is 12.1. The minimum Gasteiger partial charge on any atom is -0.369 e. The predicted octanol–water partition coefficient (Wildman–Crippen LogP) is 3.82. The smallest absolute Gasteiger partial charge is 0.126 e. The highest BCUT2D eigenvalue weighted by Crippen LogP contribution is 2.40. The van der Waals surface area contributed by atoms with E-state index >= 15 is 0 Å². The Kier molecular flexibility index (Phi) is 3.98. The van der Waals surface area contributed by atoms with Crippen LogP contribution in [0, 0.1) is 0 Å². The summed E-state index contributed by atoms with van der Waals surface area (Å²) in [5, 5.41) is 4.10. The van der Waals surface area contributed by atoms with Crippen molar-refractivity contribution in [3.8, 4) is 0 Å². The molecule has 1 aliphatic rings. The largest absolute Gasteiger partial charge is 0.369 e. The summed E-state index contributed by atoms with van der Waals surface area (Å²) in [6, 6.07) is 3.81. The molecule has 16 heavy (non-hydrogen) atoms. The van der Waals surface area contributed by atoms with Crippen LogP contribution in [0.3, 0.4) is 0 Å². The topological polar surface area (TPSA) is 24.9 Å². The number of rotatable bonds is 4. The summed E-state index contributed by atoms with van der Waals surface area (Å²) in [6.45, 7) is 1.00. The minimum absolute atomic E-state index is 0.418. The second-order valence-corrected chi connectivity index (χ2v) is 6.02. The van der Waals surface area contributed by atoms with Crippen molar-refractivity contribution in [3.05, 3.63) is 23.4 Å². The number of aromatic nitrogens is 1. The highest BCUT2D eigenvalue weighted by Gasteiger charge is 2.32. The fraction of sp³-hybridized carbons (Fsp3) is 0.583. The molecule has 0 atom stereocenters. The van der Waals surface area contributed by atoms with Crippen molar-refractivity contribution in [2.45, 2.75) is 30.4 Å². The maximum atomic E-state index is 5.80. The zero-order valence-corrected chi connectivity index (χ0v) is 11.1. The highest BCUT2D eigenvalue weighted by molar-refractivity contribution is 8.00. The summed E-state index contributed by atoms with van der Waals surface area (Å²) < 4.78 is 0.418. The molecule has 1 N–H and O–H groups in total. The molecule has 0 saturated heterocycles. The van der Waals surface area contributed by atoms with Crippen LogP contribution in [-0.2, 0) is 0 Å². The molecule has 0 aliphatic heterocycles. The maximum Gasteiger partial charge on any atom is 0.126 e. The molecule has 0 aromatic carbocycles. The van der Waals surface area contributed by atoms with Gasteiger partial charge in [-0.2, -0.15) is 11.8 Å². The summed E-state index contributed by atoms with van der Waals surface area (Å²) in [7, 11) is 0. The van der Waals surface area contributed by atoms with Crippen LogP contribution in [0.15, 0.2) is 18.3 Å². The molecule has 1 aliphatic carbocycles. The van der Waals surface area contributed by atoms with Crippen molar-refractivity contribution >= 4 is 29.2 Å². The second kappa shape index (κ2) is 5.28. The summed E-state index contributed by atoms with van der Waals surface area (Å²) >= 11 is 7.79. The summed E-state index contributed by atoms with van der Waals surface area (Å²) in [4.78, 5) is 4.25. The molecule has 1 fully saturated rings. The lowest BCUT2D eigenvalue weighted by Crippen LogP contribution is -2.30. The number of anilines is 1. The molecule has 0 unspecified atom stereocenters. The molecule has 2 nitrogen and oxygen atoms in total. The molecular weight excluding hydrogens is 240 g/mol. The van der Waals surface area contributed by atoms with E-state index in [0.29, 0.717) is 9.77 Å². The molecule has 2 rings (SSSR count). The standard InChI is InChI=1S/C12H17ClN2S/c1-16-12(6-2-3-7-12)9-15-11-5-4-10(13)8-14-11/h4-5,8H,2-3,6-7,9H2,1H3,(H,14,15).